The van der Waals surface area contributed by atoms with E-state index in [1.54, 1.807) is 13.3 Å². The van der Waals surface area contributed by atoms with Crippen molar-refractivity contribution in [2.45, 2.75) is 18.4 Å². The fourth-order valence-corrected chi connectivity index (χ4v) is 2.71. The van der Waals surface area contributed by atoms with E-state index in [0.29, 0.717) is 24.3 Å². The summed E-state index contributed by atoms with van der Waals surface area (Å²) in [6, 6.07) is 7.49. The number of hydrogen-bond acceptors (Lipinski definition) is 5. The van der Waals surface area contributed by atoms with Crippen LogP contribution < -0.4 is 10.6 Å². The molecule has 0 saturated carbocycles. The molecular formula is C16H19N3O3. The van der Waals surface area contributed by atoms with Gasteiger partial charge >= 0.3 is 0 Å². The normalized spacial score (nSPS) is 17.1. The van der Waals surface area contributed by atoms with Crippen LogP contribution in [0.3, 0.4) is 0 Å². The second-order valence-electron chi connectivity index (χ2n) is 5.35. The second kappa shape index (κ2) is 6.29. The molecule has 1 aromatic heterocycles. The SMILES string of the molecule is COC1(C(=O)Nc2cccc(-c3cnco3)c2)CCNCC1. The van der Waals surface area contributed by atoms with Crippen LogP contribution >= 0.6 is 0 Å². The van der Waals surface area contributed by atoms with Crippen LogP contribution in [0.25, 0.3) is 11.3 Å². The molecule has 0 bridgehead atoms. The zero-order valence-corrected chi connectivity index (χ0v) is 12.5. The largest absolute Gasteiger partial charge is 0.444 e. The number of nitrogens with one attached hydrogen (secondary N) is 2. The number of benzene rings is 1. The topological polar surface area (TPSA) is 76.4 Å². The number of rotatable bonds is 4. The Morgan fingerprint density at radius 2 is 2.23 bits per heavy atom. The van der Waals surface area contributed by atoms with E-state index >= 15 is 0 Å². The number of methoxy groups -OCH3 is 1. The van der Waals surface area contributed by atoms with Crippen LogP contribution in [-0.4, -0.2) is 36.7 Å². The first-order valence-corrected chi connectivity index (χ1v) is 7.30. The van der Waals surface area contributed by atoms with Crippen molar-refractivity contribution in [3.05, 3.63) is 36.9 Å². The first kappa shape index (κ1) is 14.7. The Hall–Kier alpha value is -2.18. The minimum atomic E-state index is -0.756. The first-order valence-electron chi connectivity index (χ1n) is 7.30. The van der Waals surface area contributed by atoms with E-state index in [4.69, 9.17) is 9.15 Å². The molecule has 2 aromatic rings. The molecule has 0 radical (unpaired) electrons. The number of hydrogen-bond donors (Lipinski definition) is 2. The Morgan fingerprint density at radius 3 is 2.91 bits per heavy atom. The number of nitrogens with zero attached hydrogens (tertiary/aromatic N) is 1. The summed E-state index contributed by atoms with van der Waals surface area (Å²) in [5, 5.41) is 6.19. The average molecular weight is 301 g/mol. The summed E-state index contributed by atoms with van der Waals surface area (Å²) >= 11 is 0. The summed E-state index contributed by atoms with van der Waals surface area (Å²) in [6.07, 6.45) is 4.36. The molecule has 1 aliphatic heterocycles. The number of carbonyl (C=O) groups is 1. The van der Waals surface area contributed by atoms with Crippen molar-refractivity contribution < 1.29 is 13.9 Å². The molecule has 2 heterocycles. The van der Waals surface area contributed by atoms with Crippen molar-refractivity contribution in [1.82, 2.24) is 10.3 Å². The predicted octanol–water partition coefficient (Wildman–Crippen LogP) is 2.05. The summed E-state index contributed by atoms with van der Waals surface area (Å²) in [5.74, 6) is 0.561. The lowest BCUT2D eigenvalue weighted by atomic mass is 9.91. The Bertz CT molecular complexity index is 634. The molecule has 116 valence electrons. The molecule has 1 amide bonds. The summed E-state index contributed by atoms with van der Waals surface area (Å²) in [4.78, 5) is 16.5. The quantitative estimate of drug-likeness (QED) is 0.904. The zero-order valence-electron chi connectivity index (χ0n) is 12.5. The summed E-state index contributed by atoms with van der Waals surface area (Å²) < 4.78 is 10.8. The highest BCUT2D eigenvalue weighted by atomic mass is 16.5. The van der Waals surface area contributed by atoms with Gasteiger partial charge in [-0.2, -0.15) is 0 Å². The van der Waals surface area contributed by atoms with Gasteiger partial charge in [-0.1, -0.05) is 12.1 Å². The highest BCUT2D eigenvalue weighted by Crippen LogP contribution is 2.26. The molecule has 1 saturated heterocycles. The third-order valence-electron chi connectivity index (χ3n) is 4.05. The van der Waals surface area contributed by atoms with Gasteiger partial charge in [-0.25, -0.2) is 4.98 Å². The summed E-state index contributed by atoms with van der Waals surface area (Å²) in [6.45, 7) is 1.55. The van der Waals surface area contributed by atoms with Crippen molar-refractivity contribution in [3.63, 3.8) is 0 Å². The molecule has 0 unspecified atom stereocenters. The van der Waals surface area contributed by atoms with Gasteiger partial charge in [0.15, 0.2) is 12.2 Å². The number of carbonyl (C=O) groups excluding carboxylic acids is 1. The summed E-state index contributed by atoms with van der Waals surface area (Å²) in [7, 11) is 1.59. The fourth-order valence-electron chi connectivity index (χ4n) is 2.71. The fraction of sp³-hybridized carbons (Fsp3) is 0.375. The summed E-state index contributed by atoms with van der Waals surface area (Å²) in [5.41, 5.74) is 0.828. The average Bonchev–Trinajstić information content (AvgIpc) is 3.10. The van der Waals surface area contributed by atoms with Crippen LogP contribution in [-0.2, 0) is 9.53 Å². The van der Waals surface area contributed by atoms with Crippen molar-refractivity contribution in [2.75, 3.05) is 25.5 Å². The van der Waals surface area contributed by atoms with Crippen LogP contribution in [0, 0.1) is 0 Å². The van der Waals surface area contributed by atoms with Crippen molar-refractivity contribution in [1.29, 1.82) is 0 Å². The standard InChI is InChI=1S/C16H19N3O3/c1-21-16(5-7-17-8-6-16)15(20)19-13-4-2-3-12(9-13)14-10-18-11-22-14/h2-4,9-11,17H,5-8H2,1H3,(H,19,20). The molecule has 22 heavy (non-hydrogen) atoms. The van der Waals surface area contributed by atoms with Gasteiger partial charge < -0.3 is 19.8 Å². The van der Waals surface area contributed by atoms with Crippen molar-refractivity contribution >= 4 is 11.6 Å². The highest BCUT2D eigenvalue weighted by Gasteiger charge is 2.39. The zero-order chi connectivity index (χ0) is 15.4. The van der Waals surface area contributed by atoms with Crippen molar-refractivity contribution in [3.8, 4) is 11.3 Å². The highest BCUT2D eigenvalue weighted by molar-refractivity contribution is 5.97. The molecular weight excluding hydrogens is 282 g/mol. The predicted molar refractivity (Wildman–Crippen MR) is 82.4 cm³/mol. The number of ether oxygens (including phenoxy) is 1. The molecule has 6 nitrogen and oxygen atoms in total. The lowest BCUT2D eigenvalue weighted by Crippen LogP contribution is -2.51. The molecule has 1 aliphatic rings. The minimum absolute atomic E-state index is 0.105. The van der Waals surface area contributed by atoms with E-state index in [1.165, 1.54) is 6.39 Å². The van der Waals surface area contributed by atoms with Gasteiger partial charge in [0, 0.05) is 18.4 Å². The van der Waals surface area contributed by atoms with Gasteiger partial charge in [-0.3, -0.25) is 4.79 Å². The van der Waals surface area contributed by atoms with Crippen LogP contribution in [0.5, 0.6) is 0 Å². The molecule has 0 atom stereocenters. The monoisotopic (exact) mass is 301 g/mol. The molecule has 1 fully saturated rings. The number of oxazole rings is 1. The van der Waals surface area contributed by atoms with Gasteiger partial charge in [-0.05, 0) is 38.1 Å². The Balaban J connectivity index is 1.78. The Labute approximate surface area is 128 Å². The number of aromatic nitrogens is 1. The lowest BCUT2D eigenvalue weighted by Gasteiger charge is -2.34. The van der Waals surface area contributed by atoms with Crippen molar-refractivity contribution in [2.24, 2.45) is 0 Å². The smallest absolute Gasteiger partial charge is 0.256 e. The lowest BCUT2D eigenvalue weighted by molar-refractivity contribution is -0.140. The van der Waals surface area contributed by atoms with Gasteiger partial charge in [0.05, 0.1) is 6.20 Å². The maximum absolute atomic E-state index is 12.6. The van der Waals surface area contributed by atoms with E-state index in [1.807, 2.05) is 24.3 Å². The van der Waals surface area contributed by atoms with E-state index in [2.05, 4.69) is 15.6 Å². The minimum Gasteiger partial charge on any atom is -0.444 e. The van der Waals surface area contributed by atoms with Gasteiger partial charge in [-0.15, -0.1) is 0 Å². The molecule has 3 rings (SSSR count). The Morgan fingerprint density at radius 1 is 1.41 bits per heavy atom. The van der Waals surface area contributed by atoms with Crippen LogP contribution in [0.15, 0.2) is 41.3 Å². The van der Waals surface area contributed by atoms with Gasteiger partial charge in [0.2, 0.25) is 0 Å². The molecule has 6 heteroatoms. The van der Waals surface area contributed by atoms with Gasteiger partial charge in [0.25, 0.3) is 5.91 Å². The van der Waals surface area contributed by atoms with Crippen LogP contribution in [0.4, 0.5) is 5.69 Å². The van der Waals surface area contributed by atoms with Crippen LogP contribution in [0.1, 0.15) is 12.8 Å². The van der Waals surface area contributed by atoms with Gasteiger partial charge in [0.1, 0.15) is 5.60 Å². The Kier molecular flexibility index (Phi) is 4.22. The molecule has 1 aromatic carbocycles. The molecule has 0 spiro atoms. The van der Waals surface area contributed by atoms with E-state index in [9.17, 15) is 4.79 Å². The maximum atomic E-state index is 12.6. The first-order chi connectivity index (χ1) is 10.7. The van der Waals surface area contributed by atoms with E-state index < -0.39 is 5.60 Å². The molecule has 2 N–H and O–H groups in total. The maximum Gasteiger partial charge on any atom is 0.256 e. The second-order valence-corrected chi connectivity index (χ2v) is 5.35. The third kappa shape index (κ3) is 2.88. The number of piperidine rings is 1. The van der Waals surface area contributed by atoms with Crippen LogP contribution in [0.2, 0.25) is 0 Å². The van der Waals surface area contributed by atoms with E-state index in [0.717, 1.165) is 18.7 Å². The third-order valence-corrected chi connectivity index (χ3v) is 4.05. The van der Waals surface area contributed by atoms with E-state index in [-0.39, 0.29) is 5.91 Å². The number of anilines is 1. The number of amides is 1. The molecule has 0 aliphatic carbocycles.